The average molecular weight is 259 g/mol. The van der Waals surface area contributed by atoms with Crippen molar-refractivity contribution in [1.82, 2.24) is 9.97 Å². The number of rotatable bonds is 1. The van der Waals surface area contributed by atoms with Crippen molar-refractivity contribution in [2.45, 2.75) is 19.3 Å². The van der Waals surface area contributed by atoms with E-state index in [0.29, 0.717) is 6.54 Å². The summed E-state index contributed by atoms with van der Waals surface area (Å²) in [5.74, 6) is 0.0150. The molecule has 0 radical (unpaired) electrons. The second kappa shape index (κ2) is 4.49. The second-order valence-electron chi connectivity index (χ2n) is 4.34. The Labute approximate surface area is 109 Å². The van der Waals surface area contributed by atoms with Crippen LogP contribution in [-0.2, 0) is 11.2 Å². The smallest absolute Gasteiger partial charge is 0.235 e. The minimum atomic E-state index is -0.116. The Balaban J connectivity index is 1.97. The number of carbonyl (C=O) groups excluding carboxylic acids is 1. The van der Waals surface area contributed by atoms with Crippen LogP contribution in [0, 0.1) is 0 Å². The molecule has 1 aliphatic heterocycles. The van der Waals surface area contributed by atoms with Crippen molar-refractivity contribution in [3.8, 4) is 0 Å². The summed E-state index contributed by atoms with van der Waals surface area (Å²) in [5.41, 5.74) is 3.76. The van der Waals surface area contributed by atoms with Gasteiger partial charge in [-0.05, 0) is 19.1 Å². The number of anilines is 1. The quantitative estimate of drug-likeness (QED) is 0.789. The zero-order valence-corrected chi connectivity index (χ0v) is 10.9. The molecule has 2 aromatic heterocycles. The van der Waals surface area contributed by atoms with E-state index in [-0.39, 0.29) is 11.8 Å². The van der Waals surface area contributed by atoms with E-state index in [1.807, 2.05) is 29.5 Å². The van der Waals surface area contributed by atoms with E-state index >= 15 is 0 Å². The van der Waals surface area contributed by atoms with Crippen LogP contribution in [0.5, 0.6) is 0 Å². The van der Waals surface area contributed by atoms with Gasteiger partial charge < -0.3 is 4.90 Å². The zero-order chi connectivity index (χ0) is 12.5. The summed E-state index contributed by atoms with van der Waals surface area (Å²) in [6.45, 7) is 2.62. The Bertz CT molecular complexity index is 567. The van der Waals surface area contributed by atoms with Gasteiger partial charge in [0.25, 0.3) is 0 Å². The Hall–Kier alpha value is -1.75. The van der Waals surface area contributed by atoms with E-state index in [0.717, 1.165) is 22.7 Å². The van der Waals surface area contributed by atoms with Gasteiger partial charge in [-0.15, -0.1) is 11.3 Å². The van der Waals surface area contributed by atoms with Crippen LogP contribution in [-0.4, -0.2) is 22.4 Å². The van der Waals surface area contributed by atoms with Crippen molar-refractivity contribution >= 4 is 22.9 Å². The highest BCUT2D eigenvalue weighted by molar-refractivity contribution is 7.10. The van der Waals surface area contributed by atoms with E-state index in [9.17, 15) is 4.79 Å². The molecule has 0 aromatic carbocycles. The first kappa shape index (κ1) is 11.3. The molecule has 0 spiro atoms. The molecule has 0 fully saturated rings. The van der Waals surface area contributed by atoms with Crippen LogP contribution >= 0.6 is 11.3 Å². The standard InChI is InChI=1S/C13H13N3OS/c1-9-12-11(15-8-18-12)4-6-16(13(9)17)10-3-2-5-14-7-10/h2-3,5,7-9H,4,6H2,1H3. The van der Waals surface area contributed by atoms with Crippen LogP contribution < -0.4 is 4.90 Å². The number of amides is 1. The lowest BCUT2D eigenvalue weighted by Crippen LogP contribution is -2.33. The first-order chi connectivity index (χ1) is 8.77. The number of fused-ring (bicyclic) bond motifs is 1. The van der Waals surface area contributed by atoms with Crippen LogP contribution in [0.1, 0.15) is 23.4 Å². The number of carbonyl (C=O) groups is 1. The third kappa shape index (κ3) is 1.80. The number of pyridine rings is 1. The van der Waals surface area contributed by atoms with Crippen molar-refractivity contribution < 1.29 is 4.79 Å². The molecule has 0 aliphatic carbocycles. The summed E-state index contributed by atoms with van der Waals surface area (Å²) < 4.78 is 0. The van der Waals surface area contributed by atoms with Gasteiger partial charge in [0, 0.05) is 24.0 Å². The van der Waals surface area contributed by atoms with Crippen LogP contribution in [0.3, 0.4) is 0 Å². The summed E-state index contributed by atoms with van der Waals surface area (Å²) >= 11 is 1.57. The number of thiazole rings is 1. The summed E-state index contributed by atoms with van der Waals surface area (Å²) in [4.78, 5) is 23.8. The Morgan fingerprint density at radius 1 is 1.50 bits per heavy atom. The van der Waals surface area contributed by atoms with Crippen molar-refractivity contribution in [1.29, 1.82) is 0 Å². The highest BCUT2D eigenvalue weighted by Crippen LogP contribution is 2.30. The minimum absolute atomic E-state index is 0.116. The maximum atomic E-state index is 12.5. The van der Waals surface area contributed by atoms with Gasteiger partial charge in [0.1, 0.15) is 0 Å². The van der Waals surface area contributed by atoms with E-state index < -0.39 is 0 Å². The number of aromatic nitrogens is 2. The van der Waals surface area contributed by atoms with Crippen LogP contribution in [0.2, 0.25) is 0 Å². The zero-order valence-electron chi connectivity index (χ0n) is 10.0. The molecule has 18 heavy (non-hydrogen) atoms. The van der Waals surface area contributed by atoms with E-state index in [2.05, 4.69) is 9.97 Å². The lowest BCUT2D eigenvalue weighted by molar-refractivity contribution is -0.119. The van der Waals surface area contributed by atoms with Crippen molar-refractivity contribution in [2.75, 3.05) is 11.4 Å². The Morgan fingerprint density at radius 3 is 3.17 bits per heavy atom. The molecule has 1 aliphatic rings. The average Bonchev–Trinajstić information content (AvgIpc) is 2.83. The summed E-state index contributed by atoms with van der Waals surface area (Å²) in [6, 6.07) is 3.77. The van der Waals surface area contributed by atoms with Crippen molar-refractivity contribution in [3.05, 3.63) is 40.6 Å². The molecule has 1 amide bonds. The number of hydrogen-bond donors (Lipinski definition) is 0. The fourth-order valence-electron chi connectivity index (χ4n) is 2.26. The predicted molar refractivity (Wildman–Crippen MR) is 70.8 cm³/mol. The van der Waals surface area contributed by atoms with Crippen molar-refractivity contribution in [3.63, 3.8) is 0 Å². The Kier molecular flexibility index (Phi) is 2.83. The molecule has 5 heteroatoms. The largest absolute Gasteiger partial charge is 0.310 e. The third-order valence-electron chi connectivity index (χ3n) is 3.23. The molecule has 0 saturated heterocycles. The van der Waals surface area contributed by atoms with Crippen LogP contribution in [0.25, 0.3) is 0 Å². The van der Waals surface area contributed by atoms with E-state index in [1.54, 1.807) is 23.7 Å². The fraction of sp³-hybridized carbons (Fsp3) is 0.308. The molecule has 0 bridgehead atoms. The van der Waals surface area contributed by atoms with Gasteiger partial charge in [-0.2, -0.15) is 0 Å². The summed E-state index contributed by atoms with van der Waals surface area (Å²) in [7, 11) is 0. The highest BCUT2D eigenvalue weighted by Gasteiger charge is 2.30. The third-order valence-corrected chi connectivity index (χ3v) is 4.29. The van der Waals surface area contributed by atoms with Crippen LogP contribution in [0.15, 0.2) is 30.0 Å². The maximum Gasteiger partial charge on any atom is 0.235 e. The van der Waals surface area contributed by atoms with E-state index in [1.165, 1.54) is 0 Å². The molecular formula is C13H13N3OS. The van der Waals surface area contributed by atoms with Gasteiger partial charge in [-0.1, -0.05) is 0 Å². The number of hydrogen-bond acceptors (Lipinski definition) is 4. The molecule has 0 N–H and O–H groups in total. The molecule has 3 rings (SSSR count). The topological polar surface area (TPSA) is 46.1 Å². The maximum absolute atomic E-state index is 12.5. The lowest BCUT2D eigenvalue weighted by atomic mass is 10.1. The van der Waals surface area contributed by atoms with Gasteiger partial charge in [-0.3, -0.25) is 9.78 Å². The molecule has 3 heterocycles. The monoisotopic (exact) mass is 259 g/mol. The molecule has 4 nitrogen and oxygen atoms in total. The fourth-order valence-corrected chi connectivity index (χ4v) is 3.15. The van der Waals surface area contributed by atoms with Gasteiger partial charge in [0.05, 0.1) is 29.0 Å². The first-order valence-corrected chi connectivity index (χ1v) is 6.79. The number of nitrogens with zero attached hydrogens (tertiary/aromatic N) is 3. The molecule has 1 atom stereocenters. The molecule has 2 aromatic rings. The molecule has 92 valence electrons. The summed E-state index contributed by atoms with van der Waals surface area (Å²) in [6.07, 6.45) is 4.26. The molecule has 1 unspecified atom stereocenters. The van der Waals surface area contributed by atoms with Gasteiger partial charge in [0.15, 0.2) is 0 Å². The van der Waals surface area contributed by atoms with Crippen LogP contribution in [0.4, 0.5) is 5.69 Å². The van der Waals surface area contributed by atoms with Gasteiger partial charge >= 0.3 is 0 Å². The van der Waals surface area contributed by atoms with E-state index in [4.69, 9.17) is 0 Å². The highest BCUT2D eigenvalue weighted by atomic mass is 32.1. The van der Waals surface area contributed by atoms with Crippen molar-refractivity contribution in [2.24, 2.45) is 0 Å². The minimum Gasteiger partial charge on any atom is -0.310 e. The molecular weight excluding hydrogens is 246 g/mol. The second-order valence-corrected chi connectivity index (χ2v) is 5.22. The Morgan fingerprint density at radius 2 is 2.39 bits per heavy atom. The summed E-state index contributed by atoms with van der Waals surface area (Å²) in [5, 5.41) is 0. The lowest BCUT2D eigenvalue weighted by Gasteiger charge is -2.22. The van der Waals surface area contributed by atoms with Gasteiger partial charge in [-0.25, -0.2) is 4.98 Å². The molecule has 0 saturated carbocycles. The SMILES string of the molecule is CC1C(=O)N(c2cccnc2)CCc2ncsc21. The first-order valence-electron chi connectivity index (χ1n) is 5.91. The normalized spacial score (nSPS) is 19.5. The predicted octanol–water partition coefficient (Wildman–Crippen LogP) is 2.23. The van der Waals surface area contributed by atoms with Gasteiger partial charge in [0.2, 0.25) is 5.91 Å².